The minimum Gasteiger partial charge on any atom is -0.484 e. The number of halogens is 1. The van der Waals surface area contributed by atoms with Gasteiger partial charge in [-0.2, -0.15) is 0 Å². The van der Waals surface area contributed by atoms with E-state index in [0.29, 0.717) is 0 Å². The van der Waals surface area contributed by atoms with E-state index in [-0.39, 0.29) is 23.1 Å². The molecule has 0 radical (unpaired) electrons. The van der Waals surface area contributed by atoms with Crippen LogP contribution in [-0.4, -0.2) is 22.7 Å². The van der Waals surface area contributed by atoms with Gasteiger partial charge in [-0.25, -0.2) is 0 Å². The first-order chi connectivity index (χ1) is 7.00. The smallest absolute Gasteiger partial charge is 0.312 e. The van der Waals surface area contributed by atoms with Gasteiger partial charge in [-0.15, -0.1) is 0 Å². The number of ether oxygens (including phenoxy) is 1. The average molecular weight is 232 g/mol. The molecule has 0 aromatic heterocycles. The van der Waals surface area contributed by atoms with E-state index in [2.05, 4.69) is 0 Å². The van der Waals surface area contributed by atoms with Gasteiger partial charge >= 0.3 is 5.69 Å². The lowest BCUT2D eigenvalue weighted by molar-refractivity contribution is -0.385. The first-order valence-electron chi connectivity index (χ1n) is 4.25. The van der Waals surface area contributed by atoms with Gasteiger partial charge in [0.1, 0.15) is 6.61 Å². The van der Waals surface area contributed by atoms with Crippen LogP contribution in [0.25, 0.3) is 0 Å². The van der Waals surface area contributed by atoms with Crippen LogP contribution in [0.4, 0.5) is 5.69 Å². The number of benzene rings is 1. The van der Waals surface area contributed by atoms with Crippen LogP contribution in [0.1, 0.15) is 6.92 Å². The number of hydrogen-bond donors (Lipinski definition) is 1. The quantitative estimate of drug-likeness (QED) is 0.636. The summed E-state index contributed by atoms with van der Waals surface area (Å²) in [6, 6.07) is 4.10. The van der Waals surface area contributed by atoms with E-state index >= 15 is 0 Å². The molecule has 0 spiro atoms. The van der Waals surface area contributed by atoms with E-state index in [1.54, 1.807) is 0 Å². The summed E-state index contributed by atoms with van der Waals surface area (Å²) in [6.45, 7) is 1.53. The molecule has 1 rings (SSSR count). The van der Waals surface area contributed by atoms with E-state index in [4.69, 9.17) is 21.4 Å². The highest BCUT2D eigenvalue weighted by Gasteiger charge is 2.15. The Balaban J connectivity index is 2.91. The zero-order valence-electron chi connectivity index (χ0n) is 8.01. The van der Waals surface area contributed by atoms with Crippen LogP contribution in [0.3, 0.4) is 0 Å². The number of nitro groups is 1. The number of nitrogens with zero attached hydrogens (tertiary/aromatic N) is 1. The molecule has 0 saturated heterocycles. The Morgan fingerprint density at radius 3 is 2.87 bits per heavy atom. The van der Waals surface area contributed by atoms with Gasteiger partial charge in [-0.3, -0.25) is 10.1 Å². The highest BCUT2D eigenvalue weighted by molar-refractivity contribution is 6.30. The van der Waals surface area contributed by atoms with E-state index in [0.717, 1.165) is 0 Å². The van der Waals surface area contributed by atoms with E-state index in [9.17, 15) is 10.1 Å². The summed E-state index contributed by atoms with van der Waals surface area (Å²) in [4.78, 5) is 10.0. The van der Waals surface area contributed by atoms with Crippen molar-refractivity contribution in [3.8, 4) is 5.75 Å². The van der Waals surface area contributed by atoms with Crippen LogP contribution < -0.4 is 4.74 Å². The van der Waals surface area contributed by atoms with Crippen LogP contribution in [0.5, 0.6) is 5.75 Å². The molecular formula is C9H10ClNO4. The van der Waals surface area contributed by atoms with Gasteiger partial charge in [-0.05, 0) is 19.1 Å². The molecular weight excluding hydrogens is 222 g/mol. The topological polar surface area (TPSA) is 72.6 Å². The summed E-state index contributed by atoms with van der Waals surface area (Å²) in [6.07, 6.45) is -0.680. The standard InChI is InChI=1S/C9H10ClNO4/c1-6(12)5-15-9-3-2-7(10)4-8(9)11(13)14/h2-4,6,12H,5H2,1H3/t6-/m1/s1. The summed E-state index contributed by atoms with van der Waals surface area (Å²) in [5.74, 6) is 0.102. The minimum absolute atomic E-state index is 0.00245. The van der Waals surface area contributed by atoms with Gasteiger partial charge in [0.05, 0.1) is 11.0 Å². The molecule has 5 nitrogen and oxygen atoms in total. The molecule has 82 valence electrons. The third-order valence-corrected chi connectivity index (χ3v) is 1.83. The van der Waals surface area contributed by atoms with Crippen molar-refractivity contribution in [2.75, 3.05) is 6.61 Å². The SMILES string of the molecule is C[C@@H](O)COc1ccc(Cl)cc1[N+](=O)[O-]. The van der Waals surface area contributed by atoms with Crippen molar-refractivity contribution in [2.24, 2.45) is 0 Å². The maximum atomic E-state index is 10.6. The normalized spacial score (nSPS) is 12.2. The summed E-state index contributed by atoms with van der Waals surface area (Å²) in [7, 11) is 0. The predicted molar refractivity (Wildman–Crippen MR) is 55.3 cm³/mol. The Hall–Kier alpha value is -1.33. The van der Waals surface area contributed by atoms with Crippen LogP contribution in [0, 0.1) is 10.1 Å². The molecule has 1 N–H and O–H groups in total. The van der Waals surface area contributed by atoms with Crippen molar-refractivity contribution in [2.45, 2.75) is 13.0 Å². The first kappa shape index (κ1) is 11.7. The summed E-state index contributed by atoms with van der Waals surface area (Å²) in [5, 5.41) is 19.9. The zero-order valence-corrected chi connectivity index (χ0v) is 8.77. The van der Waals surface area contributed by atoms with Crippen LogP contribution >= 0.6 is 11.6 Å². The molecule has 0 fully saturated rings. The third kappa shape index (κ3) is 3.38. The van der Waals surface area contributed by atoms with Crippen molar-refractivity contribution >= 4 is 17.3 Å². The van der Waals surface area contributed by atoms with Crippen LogP contribution in [-0.2, 0) is 0 Å². The lowest BCUT2D eigenvalue weighted by atomic mass is 10.3. The number of rotatable bonds is 4. The van der Waals surface area contributed by atoms with E-state index < -0.39 is 11.0 Å². The number of aliphatic hydroxyl groups is 1. The van der Waals surface area contributed by atoms with Gasteiger partial charge in [0.15, 0.2) is 5.75 Å². The van der Waals surface area contributed by atoms with Gasteiger partial charge in [0.2, 0.25) is 0 Å². The number of aliphatic hydroxyl groups excluding tert-OH is 1. The zero-order chi connectivity index (χ0) is 11.4. The van der Waals surface area contributed by atoms with Gasteiger partial charge in [0.25, 0.3) is 0 Å². The first-order valence-corrected chi connectivity index (χ1v) is 4.63. The number of hydrogen-bond acceptors (Lipinski definition) is 4. The molecule has 0 unspecified atom stereocenters. The highest BCUT2D eigenvalue weighted by Crippen LogP contribution is 2.29. The Labute approximate surface area is 91.4 Å². The van der Waals surface area contributed by atoms with Crippen LogP contribution in [0.2, 0.25) is 5.02 Å². The summed E-state index contributed by atoms with van der Waals surface area (Å²) < 4.78 is 5.06. The largest absolute Gasteiger partial charge is 0.484 e. The molecule has 0 saturated carbocycles. The second-order valence-electron chi connectivity index (χ2n) is 3.03. The molecule has 6 heteroatoms. The van der Waals surface area contributed by atoms with Crippen LogP contribution in [0.15, 0.2) is 18.2 Å². The predicted octanol–water partition coefficient (Wildman–Crippen LogP) is 2.01. The molecule has 1 aromatic carbocycles. The maximum Gasteiger partial charge on any atom is 0.312 e. The Morgan fingerprint density at radius 1 is 1.67 bits per heavy atom. The van der Waals surface area contributed by atoms with Gasteiger partial charge < -0.3 is 9.84 Å². The van der Waals surface area contributed by atoms with E-state index in [1.807, 2.05) is 0 Å². The fourth-order valence-corrected chi connectivity index (χ4v) is 1.13. The van der Waals surface area contributed by atoms with E-state index in [1.165, 1.54) is 25.1 Å². The molecule has 1 atom stereocenters. The Kier molecular flexibility index (Phi) is 3.88. The Bertz CT molecular complexity index is 367. The molecule has 0 aliphatic carbocycles. The maximum absolute atomic E-state index is 10.6. The van der Waals surface area contributed by atoms with Crippen molar-refractivity contribution in [1.82, 2.24) is 0 Å². The average Bonchev–Trinajstić information content (AvgIpc) is 2.15. The highest BCUT2D eigenvalue weighted by atomic mass is 35.5. The fraction of sp³-hybridized carbons (Fsp3) is 0.333. The lowest BCUT2D eigenvalue weighted by Crippen LogP contribution is -2.13. The van der Waals surface area contributed by atoms with Crippen molar-refractivity contribution in [3.05, 3.63) is 33.3 Å². The molecule has 0 aliphatic rings. The second kappa shape index (κ2) is 4.95. The van der Waals surface area contributed by atoms with Gasteiger partial charge in [-0.1, -0.05) is 11.6 Å². The van der Waals surface area contributed by atoms with Crippen molar-refractivity contribution in [3.63, 3.8) is 0 Å². The van der Waals surface area contributed by atoms with Crippen molar-refractivity contribution in [1.29, 1.82) is 0 Å². The summed E-state index contributed by atoms with van der Waals surface area (Å²) in [5.41, 5.74) is -0.205. The molecule has 1 aromatic rings. The molecule has 0 bridgehead atoms. The molecule has 0 amide bonds. The lowest BCUT2D eigenvalue weighted by Gasteiger charge is -2.08. The van der Waals surface area contributed by atoms with Crippen molar-refractivity contribution < 1.29 is 14.8 Å². The minimum atomic E-state index is -0.680. The molecule has 0 aliphatic heterocycles. The number of nitro benzene ring substituents is 1. The molecule has 0 heterocycles. The van der Waals surface area contributed by atoms with Gasteiger partial charge in [0, 0.05) is 11.1 Å². The third-order valence-electron chi connectivity index (χ3n) is 1.60. The summed E-state index contributed by atoms with van der Waals surface area (Å²) >= 11 is 5.61. The fourth-order valence-electron chi connectivity index (χ4n) is 0.966. The monoisotopic (exact) mass is 231 g/mol. The second-order valence-corrected chi connectivity index (χ2v) is 3.47. The Morgan fingerprint density at radius 2 is 2.33 bits per heavy atom. The molecule has 15 heavy (non-hydrogen) atoms.